The molecule has 0 amide bonds. The van der Waals surface area contributed by atoms with Crippen molar-refractivity contribution in [1.29, 1.82) is 0 Å². The van der Waals surface area contributed by atoms with E-state index in [1.807, 2.05) is 11.3 Å². The van der Waals surface area contributed by atoms with E-state index in [2.05, 4.69) is 46.7 Å². The number of hydrogen-bond acceptors (Lipinski definition) is 5. The Bertz CT molecular complexity index is 940. The standard InChI is InChI=1S/C23H25NO3S/c1-25-18-7-5-14-12-17-16-6-8-19(26-2)22-23(16,20(14)21(18)27-22)9-10-24(17)13-15-4-3-11-28-15/h3-8,11,16-17,19,22H,9-10,12-13H2,1-2H3/t16?,17?,19?,22-,23?/m0/s1. The Labute approximate surface area is 169 Å². The van der Waals surface area contributed by atoms with E-state index < -0.39 is 0 Å². The second-order valence-corrected chi connectivity index (χ2v) is 9.42. The van der Waals surface area contributed by atoms with Crippen molar-refractivity contribution < 1.29 is 14.2 Å². The fraction of sp³-hybridized carbons (Fsp3) is 0.478. The molecule has 0 N–H and O–H groups in total. The summed E-state index contributed by atoms with van der Waals surface area (Å²) in [6.07, 6.45) is 6.85. The molecule has 4 unspecified atom stereocenters. The smallest absolute Gasteiger partial charge is 0.165 e. The number of nitrogens with zero attached hydrogens (tertiary/aromatic N) is 1. The predicted octanol–water partition coefficient (Wildman–Crippen LogP) is 3.79. The van der Waals surface area contributed by atoms with Crippen molar-refractivity contribution >= 4 is 11.3 Å². The summed E-state index contributed by atoms with van der Waals surface area (Å²) in [6.45, 7) is 2.14. The van der Waals surface area contributed by atoms with Crippen molar-refractivity contribution in [3.05, 3.63) is 57.8 Å². The minimum absolute atomic E-state index is 0.00347. The Balaban J connectivity index is 1.50. The van der Waals surface area contributed by atoms with Crippen LogP contribution >= 0.6 is 11.3 Å². The van der Waals surface area contributed by atoms with Crippen LogP contribution < -0.4 is 9.47 Å². The van der Waals surface area contributed by atoms with Gasteiger partial charge in [-0.1, -0.05) is 24.3 Å². The molecular formula is C23H25NO3S. The van der Waals surface area contributed by atoms with Gasteiger partial charge < -0.3 is 14.2 Å². The van der Waals surface area contributed by atoms with Crippen LogP contribution in [0, 0.1) is 5.92 Å². The minimum Gasteiger partial charge on any atom is -0.493 e. The zero-order valence-corrected chi connectivity index (χ0v) is 17.1. The van der Waals surface area contributed by atoms with E-state index in [-0.39, 0.29) is 17.6 Å². The number of likely N-dealkylation sites (tertiary alicyclic amines) is 1. The van der Waals surface area contributed by atoms with E-state index in [0.29, 0.717) is 12.0 Å². The molecule has 5 heteroatoms. The van der Waals surface area contributed by atoms with Gasteiger partial charge >= 0.3 is 0 Å². The molecule has 1 saturated heterocycles. The van der Waals surface area contributed by atoms with Crippen LogP contribution in [0.25, 0.3) is 0 Å². The highest BCUT2D eigenvalue weighted by Gasteiger charge is 2.64. The number of thiophene rings is 1. The molecule has 2 aliphatic heterocycles. The third kappa shape index (κ3) is 2.07. The Hall–Kier alpha value is -1.82. The number of methoxy groups -OCH3 is 2. The zero-order valence-electron chi connectivity index (χ0n) is 16.3. The van der Waals surface area contributed by atoms with E-state index in [4.69, 9.17) is 14.2 Å². The Morgan fingerprint density at radius 2 is 2.18 bits per heavy atom. The van der Waals surface area contributed by atoms with E-state index in [9.17, 15) is 0 Å². The first-order valence-corrected chi connectivity index (χ1v) is 11.0. The monoisotopic (exact) mass is 395 g/mol. The average Bonchev–Trinajstić information content (AvgIpc) is 3.35. The average molecular weight is 396 g/mol. The molecule has 2 bridgehead atoms. The molecule has 28 heavy (non-hydrogen) atoms. The lowest BCUT2D eigenvalue weighted by atomic mass is 9.53. The molecule has 2 aromatic rings. The molecule has 1 aromatic carbocycles. The first kappa shape index (κ1) is 17.1. The van der Waals surface area contributed by atoms with Crippen molar-refractivity contribution in [2.75, 3.05) is 20.8 Å². The van der Waals surface area contributed by atoms with E-state index in [0.717, 1.165) is 37.4 Å². The van der Waals surface area contributed by atoms with Gasteiger partial charge in [0.25, 0.3) is 0 Å². The molecule has 0 radical (unpaired) electrons. The second-order valence-electron chi connectivity index (χ2n) is 8.39. The van der Waals surface area contributed by atoms with Gasteiger partial charge in [-0.3, -0.25) is 4.90 Å². The SMILES string of the molecule is COc1ccc2c3c1O[C@H]1C(OC)C=CC4C(C2)N(Cc2cccs2)CCC341. The minimum atomic E-state index is -0.0104. The first-order valence-electron chi connectivity index (χ1n) is 10.1. The summed E-state index contributed by atoms with van der Waals surface area (Å²) in [7, 11) is 3.53. The molecule has 6 rings (SSSR count). The molecule has 5 atom stereocenters. The van der Waals surface area contributed by atoms with E-state index >= 15 is 0 Å². The lowest BCUT2D eigenvalue weighted by Crippen LogP contribution is -2.65. The van der Waals surface area contributed by atoms with E-state index in [1.165, 1.54) is 16.0 Å². The lowest BCUT2D eigenvalue weighted by Gasteiger charge is -2.57. The van der Waals surface area contributed by atoms with Crippen molar-refractivity contribution in [1.82, 2.24) is 4.90 Å². The third-order valence-electron chi connectivity index (χ3n) is 7.38. The van der Waals surface area contributed by atoms with Crippen LogP contribution in [0.5, 0.6) is 11.5 Å². The number of ether oxygens (including phenoxy) is 3. The lowest BCUT2D eigenvalue weighted by molar-refractivity contribution is -0.0649. The number of piperidine rings is 1. The third-order valence-corrected chi connectivity index (χ3v) is 8.24. The van der Waals surface area contributed by atoms with Gasteiger partial charge in [-0.05, 0) is 42.5 Å². The normalized spacial score (nSPS) is 34.8. The fourth-order valence-electron chi connectivity index (χ4n) is 6.26. The highest BCUT2D eigenvalue weighted by atomic mass is 32.1. The predicted molar refractivity (Wildman–Crippen MR) is 109 cm³/mol. The van der Waals surface area contributed by atoms with Gasteiger partial charge in [-0.2, -0.15) is 0 Å². The maximum atomic E-state index is 6.63. The summed E-state index contributed by atoms with van der Waals surface area (Å²) in [5.74, 6) is 2.28. The summed E-state index contributed by atoms with van der Waals surface area (Å²) < 4.78 is 18.2. The molecule has 2 aliphatic carbocycles. The highest BCUT2D eigenvalue weighted by molar-refractivity contribution is 7.09. The molecule has 0 saturated carbocycles. The quantitative estimate of drug-likeness (QED) is 0.737. The maximum absolute atomic E-state index is 6.63. The van der Waals surface area contributed by atoms with Crippen LogP contribution in [-0.2, 0) is 23.1 Å². The van der Waals surface area contributed by atoms with Gasteiger partial charge in [0.1, 0.15) is 12.2 Å². The van der Waals surface area contributed by atoms with Gasteiger partial charge in [0, 0.05) is 41.5 Å². The fourth-order valence-corrected chi connectivity index (χ4v) is 6.99. The molecule has 1 fully saturated rings. The van der Waals surface area contributed by atoms with Gasteiger partial charge in [-0.25, -0.2) is 0 Å². The van der Waals surface area contributed by atoms with Crippen LogP contribution in [0.3, 0.4) is 0 Å². The van der Waals surface area contributed by atoms with E-state index in [1.54, 1.807) is 14.2 Å². The van der Waals surface area contributed by atoms with Gasteiger partial charge in [0.05, 0.1) is 7.11 Å². The molecule has 1 aromatic heterocycles. The number of hydrogen-bond donors (Lipinski definition) is 0. The largest absolute Gasteiger partial charge is 0.493 e. The van der Waals surface area contributed by atoms with Crippen molar-refractivity contribution in [2.24, 2.45) is 5.92 Å². The summed E-state index contributed by atoms with van der Waals surface area (Å²) in [5.41, 5.74) is 2.84. The second kappa shape index (κ2) is 6.09. The molecule has 4 aliphatic rings. The highest BCUT2D eigenvalue weighted by Crippen LogP contribution is 2.62. The van der Waals surface area contributed by atoms with Crippen molar-refractivity contribution in [3.8, 4) is 11.5 Å². The van der Waals surface area contributed by atoms with Crippen molar-refractivity contribution in [3.63, 3.8) is 0 Å². The maximum Gasteiger partial charge on any atom is 0.165 e. The first-order chi connectivity index (χ1) is 13.8. The van der Waals surface area contributed by atoms with Crippen molar-refractivity contribution in [2.45, 2.75) is 43.1 Å². The van der Waals surface area contributed by atoms with Gasteiger partial charge in [0.2, 0.25) is 0 Å². The molecule has 3 heterocycles. The number of rotatable bonds is 4. The molecule has 4 nitrogen and oxygen atoms in total. The molecular weight excluding hydrogens is 370 g/mol. The van der Waals surface area contributed by atoms with Gasteiger partial charge in [0.15, 0.2) is 11.5 Å². The zero-order chi connectivity index (χ0) is 18.9. The van der Waals surface area contributed by atoms with Gasteiger partial charge in [-0.15, -0.1) is 11.3 Å². The topological polar surface area (TPSA) is 30.9 Å². The Morgan fingerprint density at radius 3 is 2.96 bits per heavy atom. The summed E-state index contributed by atoms with van der Waals surface area (Å²) in [5, 5.41) is 2.18. The van der Waals surface area contributed by atoms with Crippen LogP contribution in [-0.4, -0.2) is 43.9 Å². The Morgan fingerprint density at radius 1 is 1.25 bits per heavy atom. The Kier molecular flexibility index (Phi) is 3.71. The number of benzene rings is 1. The van der Waals surface area contributed by atoms with Crippen LogP contribution in [0.4, 0.5) is 0 Å². The van der Waals surface area contributed by atoms with Crippen LogP contribution in [0.2, 0.25) is 0 Å². The van der Waals surface area contributed by atoms with Crippen LogP contribution in [0.1, 0.15) is 22.4 Å². The molecule has 146 valence electrons. The molecule has 1 spiro atoms. The summed E-state index contributed by atoms with van der Waals surface area (Å²) in [4.78, 5) is 4.15. The summed E-state index contributed by atoms with van der Waals surface area (Å²) >= 11 is 1.86. The van der Waals surface area contributed by atoms with Crippen LogP contribution in [0.15, 0.2) is 41.8 Å². The summed E-state index contributed by atoms with van der Waals surface area (Å²) in [6, 6.07) is 9.27.